The largest absolute Gasteiger partial charge is 0.462 e. The Bertz CT molecular complexity index is 1030. The second kappa shape index (κ2) is 50.3. The van der Waals surface area contributed by atoms with Crippen molar-refractivity contribution in [1.82, 2.24) is 0 Å². The van der Waals surface area contributed by atoms with Crippen LogP contribution in [0.3, 0.4) is 0 Å². The average Bonchev–Trinajstić information content (AvgIpc) is 3.26. The van der Waals surface area contributed by atoms with Crippen molar-refractivity contribution >= 4 is 17.9 Å². The van der Waals surface area contributed by atoms with E-state index >= 15 is 0 Å². The number of hydrogen-bond acceptors (Lipinski definition) is 6. The van der Waals surface area contributed by atoms with Crippen LogP contribution in [-0.4, -0.2) is 37.2 Å². The van der Waals surface area contributed by atoms with E-state index < -0.39 is 6.10 Å². The van der Waals surface area contributed by atoms with Crippen LogP contribution in [0.5, 0.6) is 0 Å². The molecule has 0 spiro atoms. The minimum absolute atomic E-state index is 0.0733. The van der Waals surface area contributed by atoms with Gasteiger partial charge in [0.25, 0.3) is 0 Å². The van der Waals surface area contributed by atoms with Gasteiger partial charge in [0, 0.05) is 19.3 Å². The topological polar surface area (TPSA) is 78.9 Å². The molecule has 0 saturated carbocycles. The van der Waals surface area contributed by atoms with Gasteiger partial charge in [-0.25, -0.2) is 0 Å². The maximum Gasteiger partial charge on any atom is 0.306 e. The van der Waals surface area contributed by atoms with Gasteiger partial charge in [-0.1, -0.05) is 243 Å². The monoisotopic (exact) mass is 857 g/mol. The molecule has 0 bridgehead atoms. The van der Waals surface area contributed by atoms with Gasteiger partial charge in [-0.05, 0) is 51.4 Å². The number of carbonyl (C=O) groups is 3. The fourth-order valence-corrected chi connectivity index (χ4v) is 7.69. The Balaban J connectivity index is 4.10. The number of hydrogen-bond donors (Lipinski definition) is 0. The second-order valence-electron chi connectivity index (χ2n) is 17.8. The minimum atomic E-state index is -0.770. The van der Waals surface area contributed by atoms with E-state index in [-0.39, 0.29) is 31.1 Å². The third-order valence-corrected chi connectivity index (χ3v) is 11.7. The summed E-state index contributed by atoms with van der Waals surface area (Å²) in [4.78, 5) is 37.7. The predicted octanol–water partition coefficient (Wildman–Crippen LogP) is 17.3. The van der Waals surface area contributed by atoms with E-state index in [9.17, 15) is 14.4 Å². The average molecular weight is 857 g/mol. The molecule has 0 heterocycles. The molecule has 0 N–H and O–H groups in total. The molecule has 0 fully saturated rings. The number of carbonyl (C=O) groups excluding carboxylic acids is 3. The van der Waals surface area contributed by atoms with Crippen LogP contribution in [0.1, 0.15) is 278 Å². The molecule has 6 heteroatoms. The Kier molecular flexibility index (Phi) is 48.3. The number of rotatable bonds is 48. The Labute approximate surface area is 378 Å². The number of esters is 3. The Morgan fingerprint density at radius 2 is 0.639 bits per heavy atom. The van der Waals surface area contributed by atoms with E-state index in [4.69, 9.17) is 14.2 Å². The summed E-state index contributed by atoms with van der Waals surface area (Å²) in [6.45, 7) is 6.47. The van der Waals surface area contributed by atoms with Crippen molar-refractivity contribution in [2.45, 2.75) is 284 Å². The quantitative estimate of drug-likeness (QED) is 0.0262. The third-order valence-electron chi connectivity index (χ3n) is 11.7. The van der Waals surface area contributed by atoms with Crippen LogP contribution >= 0.6 is 0 Å². The maximum atomic E-state index is 12.7. The summed E-state index contributed by atoms with van der Waals surface area (Å²) in [5.74, 6) is -0.886. The SMILES string of the molecule is CC/C=C\C/C=C\C/C=C\CCCCCCCCCC(=O)OC(COC(=O)CCCCCCC)COC(=O)CCCCCCCCCCCCCCCCCCCCCCC. The fraction of sp³-hybridized carbons (Fsp3) is 0.836. The summed E-state index contributed by atoms with van der Waals surface area (Å²) >= 11 is 0. The van der Waals surface area contributed by atoms with Gasteiger partial charge in [0.2, 0.25) is 0 Å². The van der Waals surface area contributed by atoms with E-state index in [1.807, 2.05) is 0 Å². The highest BCUT2D eigenvalue weighted by atomic mass is 16.6. The van der Waals surface area contributed by atoms with Crippen molar-refractivity contribution in [3.05, 3.63) is 36.5 Å². The first-order valence-electron chi connectivity index (χ1n) is 26.5. The van der Waals surface area contributed by atoms with Crippen LogP contribution in [0.25, 0.3) is 0 Å². The second-order valence-corrected chi connectivity index (χ2v) is 17.8. The van der Waals surface area contributed by atoms with E-state index in [1.165, 1.54) is 148 Å². The fourth-order valence-electron chi connectivity index (χ4n) is 7.69. The van der Waals surface area contributed by atoms with E-state index in [0.717, 1.165) is 89.9 Å². The maximum absolute atomic E-state index is 12.7. The van der Waals surface area contributed by atoms with Crippen LogP contribution in [0.15, 0.2) is 36.5 Å². The molecule has 61 heavy (non-hydrogen) atoms. The molecule has 6 nitrogen and oxygen atoms in total. The zero-order valence-electron chi connectivity index (χ0n) is 40.7. The van der Waals surface area contributed by atoms with Gasteiger partial charge < -0.3 is 14.2 Å². The normalized spacial score (nSPS) is 12.2. The molecule has 0 aliphatic heterocycles. The lowest BCUT2D eigenvalue weighted by molar-refractivity contribution is -0.167. The van der Waals surface area contributed by atoms with Gasteiger partial charge in [-0.15, -0.1) is 0 Å². The molecule has 0 amide bonds. The first-order valence-corrected chi connectivity index (χ1v) is 26.5. The highest BCUT2D eigenvalue weighted by Crippen LogP contribution is 2.16. The van der Waals surface area contributed by atoms with Crippen molar-refractivity contribution in [2.75, 3.05) is 13.2 Å². The van der Waals surface area contributed by atoms with Gasteiger partial charge in [-0.2, -0.15) is 0 Å². The molecule has 0 aliphatic carbocycles. The molecule has 1 atom stereocenters. The van der Waals surface area contributed by atoms with E-state index in [1.54, 1.807) is 0 Å². The molecule has 0 radical (unpaired) electrons. The predicted molar refractivity (Wildman–Crippen MR) is 261 cm³/mol. The molecular weight excluding hydrogens is 757 g/mol. The van der Waals surface area contributed by atoms with Crippen LogP contribution < -0.4 is 0 Å². The van der Waals surface area contributed by atoms with Gasteiger partial charge >= 0.3 is 17.9 Å². The van der Waals surface area contributed by atoms with Crippen LogP contribution in [0.2, 0.25) is 0 Å². The Morgan fingerprint density at radius 1 is 0.344 bits per heavy atom. The zero-order chi connectivity index (χ0) is 44.4. The van der Waals surface area contributed by atoms with Gasteiger partial charge in [0.05, 0.1) is 0 Å². The summed E-state index contributed by atoms with van der Waals surface area (Å²) in [6.07, 6.45) is 58.9. The smallest absolute Gasteiger partial charge is 0.306 e. The highest BCUT2D eigenvalue weighted by molar-refractivity contribution is 5.71. The lowest BCUT2D eigenvalue weighted by Crippen LogP contribution is -2.30. The third kappa shape index (κ3) is 48.5. The van der Waals surface area contributed by atoms with E-state index in [0.29, 0.717) is 19.3 Å². The van der Waals surface area contributed by atoms with Gasteiger partial charge in [0.15, 0.2) is 6.10 Å². The Hall–Kier alpha value is -2.37. The minimum Gasteiger partial charge on any atom is -0.462 e. The molecule has 0 aromatic heterocycles. The molecular formula is C55H100O6. The summed E-state index contributed by atoms with van der Waals surface area (Å²) in [7, 11) is 0. The lowest BCUT2D eigenvalue weighted by atomic mass is 10.0. The van der Waals surface area contributed by atoms with E-state index in [2.05, 4.69) is 57.2 Å². The van der Waals surface area contributed by atoms with Crippen molar-refractivity contribution in [3.63, 3.8) is 0 Å². The molecule has 0 saturated heterocycles. The summed E-state index contributed by atoms with van der Waals surface area (Å²) in [5, 5.41) is 0. The molecule has 1 unspecified atom stereocenters. The summed E-state index contributed by atoms with van der Waals surface area (Å²) in [5.41, 5.74) is 0. The van der Waals surface area contributed by atoms with Crippen molar-refractivity contribution in [1.29, 1.82) is 0 Å². The summed E-state index contributed by atoms with van der Waals surface area (Å²) < 4.78 is 16.7. The first-order chi connectivity index (χ1) is 30.0. The van der Waals surface area contributed by atoms with Crippen LogP contribution in [-0.2, 0) is 28.6 Å². The molecule has 0 aromatic carbocycles. The van der Waals surface area contributed by atoms with Crippen molar-refractivity contribution in [2.24, 2.45) is 0 Å². The molecule has 0 rings (SSSR count). The van der Waals surface area contributed by atoms with Crippen molar-refractivity contribution in [3.8, 4) is 0 Å². The van der Waals surface area contributed by atoms with Gasteiger partial charge in [-0.3, -0.25) is 14.4 Å². The number of ether oxygens (including phenoxy) is 3. The molecule has 0 aliphatic rings. The molecule has 0 aromatic rings. The Morgan fingerprint density at radius 3 is 1.00 bits per heavy atom. The molecule has 356 valence electrons. The first kappa shape index (κ1) is 58.6. The van der Waals surface area contributed by atoms with Gasteiger partial charge in [0.1, 0.15) is 13.2 Å². The van der Waals surface area contributed by atoms with Crippen molar-refractivity contribution < 1.29 is 28.6 Å². The summed E-state index contributed by atoms with van der Waals surface area (Å²) in [6, 6.07) is 0. The zero-order valence-corrected chi connectivity index (χ0v) is 40.7. The number of allylic oxidation sites excluding steroid dienone is 6. The highest BCUT2D eigenvalue weighted by Gasteiger charge is 2.19. The lowest BCUT2D eigenvalue weighted by Gasteiger charge is -2.18. The van der Waals surface area contributed by atoms with Crippen LogP contribution in [0.4, 0.5) is 0 Å². The van der Waals surface area contributed by atoms with Crippen LogP contribution in [0, 0.1) is 0 Å². The number of unbranched alkanes of at least 4 members (excludes halogenated alkanes) is 31. The standard InChI is InChI=1S/C55H100O6/c1-4-7-10-13-15-17-19-21-23-25-26-27-28-30-31-33-35-37-39-42-45-48-54(57)60-51-52(50-59-53(56)47-44-41-12-9-6-3)61-55(58)49-46-43-40-38-36-34-32-29-24-22-20-18-16-14-11-8-5-2/h8,11,16,18,22,24,52H,4-7,9-10,12-15,17,19-21,23,25-51H2,1-3H3/b11-8-,18-16-,24-22-.